The molecule has 0 aliphatic rings. The summed E-state index contributed by atoms with van der Waals surface area (Å²) in [6.45, 7) is 6.70. The molecular weight excluding hydrogens is 976 g/mol. The lowest BCUT2D eigenvalue weighted by Gasteiger charge is -2.30. The van der Waals surface area contributed by atoms with Gasteiger partial charge in [-0.1, -0.05) is 247 Å². The number of esters is 1. The minimum atomic E-state index is -4.70. The van der Waals surface area contributed by atoms with Crippen LogP contribution >= 0.6 is 7.82 Å². The van der Waals surface area contributed by atoms with E-state index in [0.717, 1.165) is 103 Å². The predicted molar refractivity (Wildman–Crippen MR) is 330 cm³/mol. The van der Waals surface area contributed by atoms with Crippen LogP contribution in [0.2, 0.25) is 0 Å². The van der Waals surface area contributed by atoms with Crippen molar-refractivity contribution in [1.82, 2.24) is 5.32 Å². The zero-order valence-corrected chi connectivity index (χ0v) is 51.8. The Morgan fingerprint density at radius 2 is 0.831 bits per heavy atom. The number of ether oxygens (including phenoxy) is 1. The zero-order valence-electron chi connectivity index (χ0n) is 50.9. The molecule has 0 radical (unpaired) electrons. The highest BCUT2D eigenvalue weighted by Crippen LogP contribution is 2.38. The van der Waals surface area contributed by atoms with Gasteiger partial charge in [-0.2, -0.15) is 0 Å². The van der Waals surface area contributed by atoms with E-state index in [0.29, 0.717) is 23.9 Å². The first-order valence-electron chi connectivity index (χ1n) is 31.9. The first kappa shape index (κ1) is 74.2. The van der Waals surface area contributed by atoms with E-state index in [4.69, 9.17) is 13.8 Å². The van der Waals surface area contributed by atoms with E-state index in [1.807, 2.05) is 33.3 Å². The number of allylic oxidation sites excluding steroid dienone is 13. The van der Waals surface area contributed by atoms with Gasteiger partial charge in [-0.25, -0.2) is 0 Å². The van der Waals surface area contributed by atoms with Crippen molar-refractivity contribution in [2.75, 3.05) is 40.9 Å². The Morgan fingerprint density at radius 1 is 0.468 bits per heavy atom. The summed E-state index contributed by atoms with van der Waals surface area (Å²) >= 11 is 0. The summed E-state index contributed by atoms with van der Waals surface area (Å²) in [4.78, 5) is 39.9. The molecule has 0 bridgehead atoms. The molecule has 10 heteroatoms. The van der Waals surface area contributed by atoms with E-state index >= 15 is 0 Å². The standard InChI is InChI=1S/C67H121N2O7P/c1-7-10-13-16-19-22-25-27-28-29-30-31-32-33-34-35-36-37-38-39-40-42-45-48-51-54-57-60-67(71)76-65(58-55-52-49-46-43-24-21-18-15-12-9-3)64(63-75-77(72,73)74-62-61-69(4,5)6)68-66(70)59-56-53-50-47-44-41-26-23-20-17-14-11-8-2/h10,13,19,22,27-28,30-31,33-34,41,44,55,58,64-65H,7-9,11-12,14-18,20-21,23-26,29,32,35-40,42-43,45-54,56-57,59-63H2,1-6H3,(H-,68,70,72,73)/b13-10-,22-19-,28-27-,31-30-,34-33-,44-41-,58-55-. The number of quaternary nitrogens is 1. The third kappa shape index (κ3) is 57.7. The van der Waals surface area contributed by atoms with Crippen molar-refractivity contribution in [3.05, 3.63) is 85.1 Å². The van der Waals surface area contributed by atoms with Gasteiger partial charge in [-0.15, -0.1) is 0 Å². The molecule has 1 N–H and O–H groups in total. The number of carbonyl (C=O) groups excluding carboxylic acids is 2. The van der Waals surface area contributed by atoms with Crippen molar-refractivity contribution in [3.8, 4) is 0 Å². The van der Waals surface area contributed by atoms with E-state index < -0.39 is 26.6 Å². The molecule has 0 aromatic rings. The normalized spacial score (nSPS) is 14.2. The summed E-state index contributed by atoms with van der Waals surface area (Å²) in [5.74, 6) is -0.563. The SMILES string of the molecule is CC/C=C\C/C=C\C/C=C\C/C=C\C/C=C\CCCCCCCCCCCCCC(=O)OC(/C=C\CCCCCCCCCCC)C(COP(=O)([O-])OCC[N+](C)(C)C)NC(=O)CCCCC/C=C\CCCCCCCC. The molecule has 77 heavy (non-hydrogen) atoms. The van der Waals surface area contributed by atoms with Crippen molar-refractivity contribution in [2.24, 2.45) is 0 Å². The van der Waals surface area contributed by atoms with Crippen LogP contribution in [0.1, 0.15) is 278 Å². The monoisotopic (exact) mass is 1100 g/mol. The van der Waals surface area contributed by atoms with Crippen LogP contribution in [0.25, 0.3) is 0 Å². The molecule has 1 amide bonds. The summed E-state index contributed by atoms with van der Waals surface area (Å²) < 4.78 is 30.3. The number of nitrogens with zero attached hydrogens (tertiary/aromatic N) is 1. The lowest BCUT2D eigenvalue weighted by Crippen LogP contribution is -2.47. The van der Waals surface area contributed by atoms with Crippen molar-refractivity contribution < 1.29 is 37.3 Å². The predicted octanol–water partition coefficient (Wildman–Crippen LogP) is 19.1. The summed E-state index contributed by atoms with van der Waals surface area (Å²) in [5, 5.41) is 3.01. The maximum absolute atomic E-state index is 13.5. The summed E-state index contributed by atoms with van der Waals surface area (Å²) in [7, 11) is 1.17. The van der Waals surface area contributed by atoms with Gasteiger partial charge in [0.1, 0.15) is 19.3 Å². The minimum Gasteiger partial charge on any atom is -0.756 e. The first-order chi connectivity index (χ1) is 37.4. The molecule has 0 aromatic heterocycles. The number of rotatable bonds is 57. The van der Waals surface area contributed by atoms with Crippen LogP contribution < -0.4 is 10.2 Å². The van der Waals surface area contributed by atoms with Gasteiger partial charge in [-0.3, -0.25) is 14.2 Å². The van der Waals surface area contributed by atoms with Gasteiger partial charge in [0, 0.05) is 12.8 Å². The number of unbranched alkanes of at least 4 members (excludes halogenated alkanes) is 29. The molecule has 0 saturated heterocycles. The zero-order chi connectivity index (χ0) is 56.4. The molecule has 446 valence electrons. The highest BCUT2D eigenvalue weighted by atomic mass is 31.2. The highest BCUT2D eigenvalue weighted by Gasteiger charge is 2.27. The molecule has 0 saturated carbocycles. The minimum absolute atomic E-state index is 0.0277. The largest absolute Gasteiger partial charge is 0.756 e. The van der Waals surface area contributed by atoms with Gasteiger partial charge in [0.05, 0.1) is 33.8 Å². The molecule has 0 aliphatic heterocycles. The molecule has 0 aliphatic carbocycles. The highest BCUT2D eigenvalue weighted by molar-refractivity contribution is 7.45. The number of carbonyl (C=O) groups is 2. The molecule has 3 unspecified atom stereocenters. The molecule has 3 atom stereocenters. The van der Waals surface area contributed by atoms with Gasteiger partial charge in [0.15, 0.2) is 0 Å². The third-order valence-electron chi connectivity index (χ3n) is 13.8. The van der Waals surface area contributed by atoms with E-state index in [-0.39, 0.29) is 24.9 Å². The van der Waals surface area contributed by atoms with Crippen molar-refractivity contribution in [1.29, 1.82) is 0 Å². The van der Waals surface area contributed by atoms with Crippen molar-refractivity contribution in [2.45, 2.75) is 290 Å². The number of hydrogen-bond donors (Lipinski definition) is 1. The van der Waals surface area contributed by atoms with Crippen LogP contribution in [0.5, 0.6) is 0 Å². The quantitative estimate of drug-likeness (QED) is 0.0212. The number of hydrogen-bond acceptors (Lipinski definition) is 7. The maximum Gasteiger partial charge on any atom is 0.306 e. The van der Waals surface area contributed by atoms with E-state index in [2.05, 4.69) is 99.0 Å². The number of phosphoric ester groups is 1. The van der Waals surface area contributed by atoms with Gasteiger partial charge < -0.3 is 28.5 Å². The van der Waals surface area contributed by atoms with Gasteiger partial charge >= 0.3 is 5.97 Å². The fourth-order valence-electron chi connectivity index (χ4n) is 8.90. The molecule has 0 rings (SSSR count). The summed E-state index contributed by atoms with van der Waals surface area (Å²) in [5.41, 5.74) is 0. The van der Waals surface area contributed by atoms with Crippen molar-refractivity contribution in [3.63, 3.8) is 0 Å². The van der Waals surface area contributed by atoms with Crippen molar-refractivity contribution >= 4 is 19.7 Å². The topological polar surface area (TPSA) is 114 Å². The fourth-order valence-corrected chi connectivity index (χ4v) is 9.62. The number of likely N-dealkylation sites (N-methyl/N-ethyl adjacent to an activating group) is 1. The molecule has 9 nitrogen and oxygen atoms in total. The summed E-state index contributed by atoms with van der Waals surface area (Å²) in [6, 6.07) is -0.899. The molecule has 0 spiro atoms. The Hall–Kier alpha value is -2.81. The van der Waals surface area contributed by atoms with Crippen LogP contribution in [0.3, 0.4) is 0 Å². The Balaban J connectivity index is 5.06. The van der Waals surface area contributed by atoms with Crippen LogP contribution in [0.4, 0.5) is 0 Å². The molecule has 0 fully saturated rings. The second kappa shape index (κ2) is 56.5. The number of nitrogens with one attached hydrogen (secondary N) is 1. The summed E-state index contributed by atoms with van der Waals surface area (Å²) in [6.07, 6.45) is 74.2. The molecular formula is C67H121N2O7P. The Labute approximate surface area is 476 Å². The van der Waals surface area contributed by atoms with Crippen LogP contribution in [0.15, 0.2) is 85.1 Å². The second-order valence-corrected chi connectivity index (χ2v) is 23.9. The van der Waals surface area contributed by atoms with E-state index in [1.165, 1.54) is 135 Å². The van der Waals surface area contributed by atoms with E-state index in [9.17, 15) is 19.0 Å². The van der Waals surface area contributed by atoms with Crippen LogP contribution in [-0.2, 0) is 27.9 Å². The Morgan fingerprint density at radius 3 is 1.27 bits per heavy atom. The average Bonchev–Trinajstić information content (AvgIpc) is 3.39. The Bertz CT molecular complexity index is 1590. The number of amides is 1. The molecule has 0 aromatic carbocycles. The lowest BCUT2D eigenvalue weighted by atomic mass is 10.0. The smallest absolute Gasteiger partial charge is 0.306 e. The third-order valence-corrected chi connectivity index (χ3v) is 14.8. The fraction of sp³-hybridized carbons (Fsp3) is 0.761. The first-order valence-corrected chi connectivity index (χ1v) is 33.4. The van der Waals surface area contributed by atoms with Gasteiger partial charge in [0.25, 0.3) is 7.82 Å². The Kier molecular flexibility index (Phi) is 54.4. The van der Waals surface area contributed by atoms with Crippen LogP contribution in [0, 0.1) is 0 Å². The molecule has 0 heterocycles. The van der Waals surface area contributed by atoms with Crippen LogP contribution in [-0.4, -0.2) is 69.4 Å². The van der Waals surface area contributed by atoms with Gasteiger partial charge in [0.2, 0.25) is 5.91 Å². The van der Waals surface area contributed by atoms with Gasteiger partial charge in [-0.05, 0) is 102 Å². The second-order valence-electron chi connectivity index (χ2n) is 22.5. The van der Waals surface area contributed by atoms with E-state index in [1.54, 1.807) is 0 Å². The average molecular weight is 1100 g/mol. The maximum atomic E-state index is 13.5. The number of phosphoric acid groups is 1. The lowest BCUT2D eigenvalue weighted by molar-refractivity contribution is -0.870.